The van der Waals surface area contributed by atoms with Crippen LogP contribution in [0.2, 0.25) is 0 Å². The summed E-state index contributed by atoms with van der Waals surface area (Å²) in [5.74, 6) is -0.209. The average molecular weight is 642 g/mol. The molecule has 0 aliphatic carbocycles. The minimum atomic E-state index is -4.33. The van der Waals surface area contributed by atoms with E-state index in [0.717, 1.165) is 70.6 Å². The van der Waals surface area contributed by atoms with Crippen molar-refractivity contribution >= 4 is 13.7 Å². The number of phosphoric acid groups is 1. The molecule has 256 valence electrons. The van der Waals surface area contributed by atoms with Crippen LogP contribution in [-0.4, -0.2) is 73.4 Å². The molecular weight excluding hydrogens is 575 g/mol. The SMILES string of the molecule is CCC/C=C\C/C=C\CCCCCCCC(=O)NC(COP(=O)(O)OCC[N+](C)(C)C)C(O)/C=C/CC/C=C/CCCCC. The van der Waals surface area contributed by atoms with Gasteiger partial charge >= 0.3 is 7.82 Å². The van der Waals surface area contributed by atoms with Crippen LogP contribution in [0.15, 0.2) is 48.6 Å². The number of rotatable bonds is 29. The number of allylic oxidation sites excluding steroid dienone is 7. The highest BCUT2D eigenvalue weighted by molar-refractivity contribution is 7.47. The third kappa shape index (κ3) is 29.2. The van der Waals surface area contributed by atoms with Gasteiger partial charge in [0.25, 0.3) is 0 Å². The highest BCUT2D eigenvalue weighted by Gasteiger charge is 2.27. The predicted octanol–water partition coefficient (Wildman–Crippen LogP) is 8.18. The van der Waals surface area contributed by atoms with Crippen molar-refractivity contribution in [2.45, 2.75) is 129 Å². The van der Waals surface area contributed by atoms with Crippen LogP contribution in [0.1, 0.15) is 117 Å². The summed E-state index contributed by atoms with van der Waals surface area (Å²) in [6.45, 7) is 4.61. The average Bonchev–Trinajstić information content (AvgIpc) is 2.95. The molecule has 0 aliphatic heterocycles. The van der Waals surface area contributed by atoms with Crippen LogP contribution in [0.5, 0.6) is 0 Å². The van der Waals surface area contributed by atoms with Gasteiger partial charge < -0.3 is 19.8 Å². The van der Waals surface area contributed by atoms with Crippen molar-refractivity contribution in [2.75, 3.05) is 40.9 Å². The molecule has 0 aromatic rings. The van der Waals surface area contributed by atoms with Crippen molar-refractivity contribution < 1.29 is 32.9 Å². The van der Waals surface area contributed by atoms with Crippen molar-refractivity contribution in [3.05, 3.63) is 48.6 Å². The van der Waals surface area contributed by atoms with Gasteiger partial charge in [0.15, 0.2) is 0 Å². The molecule has 0 heterocycles. The number of amides is 1. The summed E-state index contributed by atoms with van der Waals surface area (Å²) in [5, 5.41) is 13.6. The van der Waals surface area contributed by atoms with Gasteiger partial charge in [-0.25, -0.2) is 4.57 Å². The number of phosphoric ester groups is 1. The number of quaternary nitrogens is 1. The first kappa shape index (κ1) is 42.5. The molecule has 0 radical (unpaired) electrons. The largest absolute Gasteiger partial charge is 0.472 e. The Morgan fingerprint density at radius 3 is 2.05 bits per heavy atom. The maximum absolute atomic E-state index is 12.7. The quantitative estimate of drug-likeness (QED) is 0.0329. The second-order valence-corrected chi connectivity index (χ2v) is 14.0. The molecule has 0 aromatic carbocycles. The Morgan fingerprint density at radius 2 is 1.36 bits per heavy atom. The Bertz CT molecular complexity index is 866. The molecule has 44 heavy (non-hydrogen) atoms. The van der Waals surface area contributed by atoms with Gasteiger partial charge in [-0.05, 0) is 57.8 Å². The number of nitrogens with zero attached hydrogens (tertiary/aromatic N) is 1. The van der Waals surface area contributed by atoms with E-state index >= 15 is 0 Å². The zero-order valence-corrected chi connectivity index (χ0v) is 29.5. The molecule has 0 fully saturated rings. The van der Waals surface area contributed by atoms with Crippen LogP contribution in [-0.2, 0) is 18.4 Å². The minimum absolute atomic E-state index is 0.0510. The summed E-state index contributed by atoms with van der Waals surface area (Å²) in [4.78, 5) is 22.8. The van der Waals surface area contributed by atoms with E-state index in [2.05, 4.69) is 55.6 Å². The smallest absolute Gasteiger partial charge is 0.387 e. The standard InChI is InChI=1S/C35H65N2O6P/c1-6-8-10-12-14-16-17-18-19-21-23-25-27-29-35(39)36-33(32-43-44(40,41)42-31-30-37(3,4)5)34(38)28-26-24-22-20-15-13-11-9-7-2/h10,12,15-17,20,26,28,33-34,38H,6-9,11,13-14,18-19,21-25,27,29-32H2,1-5H3,(H-,36,39,40,41)/p+1/b12-10-,17-16-,20-15+,28-26+. The predicted molar refractivity (Wildman–Crippen MR) is 184 cm³/mol. The zero-order chi connectivity index (χ0) is 32.9. The van der Waals surface area contributed by atoms with Crippen molar-refractivity contribution in [1.82, 2.24) is 5.32 Å². The Morgan fingerprint density at radius 1 is 0.773 bits per heavy atom. The van der Waals surface area contributed by atoms with E-state index in [1.807, 2.05) is 27.2 Å². The molecule has 0 saturated carbocycles. The molecule has 0 rings (SSSR count). The van der Waals surface area contributed by atoms with E-state index in [9.17, 15) is 19.4 Å². The third-order valence-electron chi connectivity index (χ3n) is 7.00. The van der Waals surface area contributed by atoms with Gasteiger partial charge in [-0.2, -0.15) is 0 Å². The zero-order valence-electron chi connectivity index (χ0n) is 28.6. The van der Waals surface area contributed by atoms with Crippen LogP contribution < -0.4 is 5.32 Å². The van der Waals surface area contributed by atoms with E-state index in [1.54, 1.807) is 6.08 Å². The molecule has 0 aromatic heterocycles. The monoisotopic (exact) mass is 641 g/mol. The van der Waals surface area contributed by atoms with Crippen molar-refractivity contribution in [3.63, 3.8) is 0 Å². The second kappa shape index (κ2) is 27.7. The first-order chi connectivity index (χ1) is 21.0. The summed E-state index contributed by atoms with van der Waals surface area (Å²) in [7, 11) is 1.53. The molecule has 1 amide bonds. The van der Waals surface area contributed by atoms with Gasteiger partial charge in [0.1, 0.15) is 13.2 Å². The maximum atomic E-state index is 12.7. The Balaban J connectivity index is 4.66. The second-order valence-electron chi connectivity index (χ2n) is 12.5. The number of carbonyl (C=O) groups excluding carboxylic acids is 1. The van der Waals surface area contributed by atoms with Crippen LogP contribution in [0, 0.1) is 0 Å². The summed E-state index contributed by atoms with van der Waals surface area (Å²) < 4.78 is 23.3. The fourth-order valence-corrected chi connectivity index (χ4v) is 4.94. The van der Waals surface area contributed by atoms with E-state index in [0.29, 0.717) is 17.4 Å². The van der Waals surface area contributed by atoms with E-state index in [-0.39, 0.29) is 19.1 Å². The van der Waals surface area contributed by atoms with E-state index in [4.69, 9.17) is 9.05 Å². The van der Waals surface area contributed by atoms with Crippen molar-refractivity contribution in [1.29, 1.82) is 0 Å². The van der Waals surface area contributed by atoms with Gasteiger partial charge in [0.2, 0.25) is 5.91 Å². The normalized spacial score (nSPS) is 15.5. The van der Waals surface area contributed by atoms with Crippen LogP contribution in [0.3, 0.4) is 0 Å². The summed E-state index contributed by atoms with van der Waals surface area (Å²) >= 11 is 0. The van der Waals surface area contributed by atoms with Crippen molar-refractivity contribution in [3.8, 4) is 0 Å². The van der Waals surface area contributed by atoms with Crippen LogP contribution in [0.4, 0.5) is 0 Å². The van der Waals surface area contributed by atoms with E-state index < -0.39 is 20.0 Å². The van der Waals surface area contributed by atoms with Gasteiger partial charge in [-0.3, -0.25) is 13.8 Å². The molecule has 0 spiro atoms. The molecule has 8 nitrogen and oxygen atoms in total. The van der Waals surface area contributed by atoms with Crippen LogP contribution in [0.25, 0.3) is 0 Å². The lowest BCUT2D eigenvalue weighted by molar-refractivity contribution is -0.870. The van der Waals surface area contributed by atoms with Crippen LogP contribution >= 0.6 is 7.82 Å². The lowest BCUT2D eigenvalue weighted by atomic mass is 10.1. The number of hydrogen-bond acceptors (Lipinski definition) is 5. The minimum Gasteiger partial charge on any atom is -0.387 e. The Hall–Kier alpha value is -1.54. The molecule has 0 bridgehead atoms. The number of nitrogens with one attached hydrogen (secondary N) is 1. The highest BCUT2D eigenvalue weighted by Crippen LogP contribution is 2.43. The van der Waals surface area contributed by atoms with Gasteiger partial charge in [0, 0.05) is 6.42 Å². The Labute approximate surface area is 269 Å². The highest BCUT2D eigenvalue weighted by atomic mass is 31.2. The lowest BCUT2D eigenvalue weighted by Gasteiger charge is -2.25. The molecular formula is C35H66N2O6P+. The number of aliphatic hydroxyl groups excluding tert-OH is 1. The van der Waals surface area contributed by atoms with Gasteiger partial charge in [0.05, 0.1) is 39.9 Å². The fourth-order valence-electron chi connectivity index (χ4n) is 4.21. The molecule has 3 atom stereocenters. The number of hydrogen-bond donors (Lipinski definition) is 3. The van der Waals surface area contributed by atoms with Gasteiger partial charge in [-0.15, -0.1) is 0 Å². The first-order valence-corrected chi connectivity index (χ1v) is 18.5. The molecule has 9 heteroatoms. The number of likely N-dealkylation sites (N-methyl/N-ethyl adjacent to an activating group) is 1. The molecule has 0 saturated heterocycles. The summed E-state index contributed by atoms with van der Waals surface area (Å²) in [5.41, 5.74) is 0. The first-order valence-electron chi connectivity index (χ1n) is 17.0. The summed E-state index contributed by atoms with van der Waals surface area (Å²) in [6, 6.07) is -0.866. The maximum Gasteiger partial charge on any atom is 0.472 e. The lowest BCUT2D eigenvalue weighted by Crippen LogP contribution is -2.45. The fraction of sp³-hybridized carbons (Fsp3) is 0.743. The molecule has 3 unspecified atom stereocenters. The topological polar surface area (TPSA) is 105 Å². The number of aliphatic hydroxyl groups is 1. The van der Waals surface area contributed by atoms with E-state index in [1.165, 1.54) is 25.7 Å². The van der Waals surface area contributed by atoms with Crippen molar-refractivity contribution in [2.24, 2.45) is 0 Å². The molecule has 3 N–H and O–H groups in total. The molecule has 0 aliphatic rings. The number of carbonyl (C=O) groups is 1. The van der Waals surface area contributed by atoms with Gasteiger partial charge in [-0.1, -0.05) is 101 Å². The Kier molecular flexibility index (Phi) is 26.8. The summed E-state index contributed by atoms with van der Waals surface area (Å²) in [6.07, 6.45) is 31.8. The number of unbranched alkanes of at least 4 members (excludes halogenated alkanes) is 10. The third-order valence-corrected chi connectivity index (χ3v) is 7.99.